The van der Waals surface area contributed by atoms with Gasteiger partial charge in [-0.05, 0) is 18.2 Å². The van der Waals surface area contributed by atoms with Crippen LogP contribution < -0.4 is 5.56 Å². The molecule has 1 aromatic carbocycles. The van der Waals surface area contributed by atoms with E-state index in [1.807, 2.05) is 6.07 Å². The summed E-state index contributed by atoms with van der Waals surface area (Å²) in [6.07, 6.45) is 0. The summed E-state index contributed by atoms with van der Waals surface area (Å²) >= 11 is 1.08. The van der Waals surface area contributed by atoms with Crippen molar-refractivity contribution in [3.8, 4) is 6.07 Å². The first-order chi connectivity index (χ1) is 8.60. The van der Waals surface area contributed by atoms with E-state index in [-0.39, 0.29) is 10.7 Å². The van der Waals surface area contributed by atoms with Crippen LogP contribution in [0.3, 0.4) is 0 Å². The second-order valence-electron chi connectivity index (χ2n) is 3.64. The second kappa shape index (κ2) is 5.02. The number of hydrogen-bond acceptors (Lipinski definition) is 5. The highest BCUT2D eigenvalue weighted by Crippen LogP contribution is 2.13. The summed E-state index contributed by atoms with van der Waals surface area (Å²) in [6, 6.07) is 6.70. The Labute approximate surface area is 107 Å². The Hall–Kier alpha value is -2.13. The number of benzene rings is 1. The predicted molar refractivity (Wildman–Crippen MR) is 69.1 cm³/mol. The molecular formula is C12H9N3O2S. The molecule has 1 N–H and O–H groups in total. The summed E-state index contributed by atoms with van der Waals surface area (Å²) < 4.78 is 0. The first-order valence-corrected chi connectivity index (χ1v) is 6.15. The molecule has 0 unspecified atom stereocenters. The van der Waals surface area contributed by atoms with Gasteiger partial charge in [-0.2, -0.15) is 5.26 Å². The highest BCUT2D eigenvalue weighted by atomic mass is 32.2. The summed E-state index contributed by atoms with van der Waals surface area (Å²) in [6.45, 7) is 1.46. The minimum absolute atomic E-state index is 0.0384. The number of thioether (sulfide) groups is 1. The van der Waals surface area contributed by atoms with Crippen LogP contribution in [0.4, 0.5) is 0 Å². The van der Waals surface area contributed by atoms with Crippen molar-refractivity contribution >= 4 is 27.8 Å². The van der Waals surface area contributed by atoms with E-state index in [2.05, 4.69) is 9.97 Å². The molecule has 1 aromatic heterocycles. The summed E-state index contributed by atoms with van der Waals surface area (Å²) in [5.74, 6) is 0.750. The monoisotopic (exact) mass is 259 g/mol. The molecular weight excluding hydrogens is 250 g/mol. The van der Waals surface area contributed by atoms with Gasteiger partial charge in [0, 0.05) is 6.92 Å². The third kappa shape index (κ3) is 2.57. The molecule has 0 fully saturated rings. The van der Waals surface area contributed by atoms with Crippen molar-refractivity contribution < 1.29 is 4.79 Å². The topological polar surface area (TPSA) is 86.6 Å². The Morgan fingerprint density at radius 3 is 3.00 bits per heavy atom. The zero-order chi connectivity index (χ0) is 13.1. The molecule has 0 aliphatic carbocycles. The van der Waals surface area contributed by atoms with Crippen molar-refractivity contribution in [3.05, 3.63) is 39.9 Å². The number of fused-ring (bicyclic) bond motifs is 1. The van der Waals surface area contributed by atoms with Gasteiger partial charge in [0.05, 0.1) is 28.3 Å². The lowest BCUT2D eigenvalue weighted by Crippen LogP contribution is -2.11. The lowest BCUT2D eigenvalue weighted by atomic mass is 10.2. The van der Waals surface area contributed by atoms with Gasteiger partial charge in [-0.3, -0.25) is 9.59 Å². The SMILES string of the molecule is CC(=O)SCc1nc2cc(C#N)ccc2c(=O)[nH]1. The molecule has 2 rings (SSSR count). The zero-order valence-corrected chi connectivity index (χ0v) is 10.4. The van der Waals surface area contributed by atoms with E-state index < -0.39 is 0 Å². The van der Waals surface area contributed by atoms with E-state index >= 15 is 0 Å². The van der Waals surface area contributed by atoms with Crippen molar-refractivity contribution in [2.75, 3.05) is 0 Å². The van der Waals surface area contributed by atoms with Gasteiger partial charge in [0.2, 0.25) is 0 Å². The molecule has 1 heterocycles. The zero-order valence-electron chi connectivity index (χ0n) is 9.56. The molecule has 0 saturated carbocycles. The molecule has 0 saturated heterocycles. The van der Waals surface area contributed by atoms with Gasteiger partial charge in [-0.1, -0.05) is 11.8 Å². The average Bonchev–Trinajstić information content (AvgIpc) is 2.35. The Morgan fingerprint density at radius 2 is 2.33 bits per heavy atom. The highest BCUT2D eigenvalue weighted by Gasteiger charge is 2.06. The minimum atomic E-state index is -0.261. The van der Waals surface area contributed by atoms with E-state index in [0.29, 0.717) is 28.0 Å². The molecule has 2 aromatic rings. The van der Waals surface area contributed by atoms with Gasteiger partial charge >= 0.3 is 0 Å². The average molecular weight is 259 g/mol. The molecule has 0 spiro atoms. The Kier molecular flexibility index (Phi) is 3.44. The van der Waals surface area contributed by atoms with Crippen LogP contribution in [0.2, 0.25) is 0 Å². The van der Waals surface area contributed by atoms with E-state index in [1.54, 1.807) is 18.2 Å². The molecule has 0 aliphatic heterocycles. The van der Waals surface area contributed by atoms with Crippen LogP contribution in [0, 0.1) is 11.3 Å². The van der Waals surface area contributed by atoms with Gasteiger partial charge in [-0.25, -0.2) is 4.98 Å². The van der Waals surface area contributed by atoms with Crippen LogP contribution in [0.1, 0.15) is 18.3 Å². The van der Waals surface area contributed by atoms with Gasteiger partial charge in [0.15, 0.2) is 5.12 Å². The molecule has 0 radical (unpaired) electrons. The first-order valence-electron chi connectivity index (χ1n) is 5.16. The number of H-pyrrole nitrogens is 1. The largest absolute Gasteiger partial charge is 0.309 e. The van der Waals surface area contributed by atoms with Gasteiger partial charge in [0.1, 0.15) is 5.82 Å². The molecule has 0 aliphatic rings. The molecule has 18 heavy (non-hydrogen) atoms. The summed E-state index contributed by atoms with van der Waals surface area (Å²) in [5.41, 5.74) is 0.659. The number of nitrogens with zero attached hydrogens (tertiary/aromatic N) is 2. The number of aromatic nitrogens is 2. The fourth-order valence-electron chi connectivity index (χ4n) is 1.50. The highest BCUT2D eigenvalue weighted by molar-refractivity contribution is 8.12. The van der Waals surface area contributed by atoms with Gasteiger partial charge in [0.25, 0.3) is 5.56 Å². The molecule has 90 valence electrons. The number of carbonyl (C=O) groups is 1. The van der Waals surface area contributed by atoms with Crippen LogP contribution in [0.25, 0.3) is 10.9 Å². The third-order valence-electron chi connectivity index (χ3n) is 2.30. The second-order valence-corrected chi connectivity index (χ2v) is 4.79. The maximum absolute atomic E-state index is 11.8. The van der Waals surface area contributed by atoms with Crippen molar-refractivity contribution in [2.24, 2.45) is 0 Å². The maximum Gasteiger partial charge on any atom is 0.258 e. The lowest BCUT2D eigenvalue weighted by Gasteiger charge is -2.01. The van der Waals surface area contributed by atoms with E-state index in [9.17, 15) is 9.59 Å². The van der Waals surface area contributed by atoms with E-state index in [0.717, 1.165) is 11.8 Å². The fraction of sp³-hybridized carbons (Fsp3) is 0.167. The van der Waals surface area contributed by atoms with Crippen molar-refractivity contribution in [1.29, 1.82) is 5.26 Å². The van der Waals surface area contributed by atoms with E-state index in [1.165, 1.54) is 6.92 Å². The van der Waals surface area contributed by atoms with Crippen LogP contribution in [-0.4, -0.2) is 15.1 Å². The van der Waals surface area contributed by atoms with Crippen LogP contribution >= 0.6 is 11.8 Å². The molecule has 6 heteroatoms. The Balaban J connectivity index is 2.49. The summed E-state index contributed by atoms with van der Waals surface area (Å²) in [7, 11) is 0. The first kappa shape index (κ1) is 12.3. The van der Waals surface area contributed by atoms with Crippen LogP contribution in [0.5, 0.6) is 0 Å². The summed E-state index contributed by atoms with van der Waals surface area (Å²) in [5, 5.41) is 9.20. The number of nitrogens with one attached hydrogen (secondary N) is 1. The molecule has 0 amide bonds. The maximum atomic E-state index is 11.8. The number of aromatic amines is 1. The number of hydrogen-bond donors (Lipinski definition) is 1. The standard InChI is InChI=1S/C12H9N3O2S/c1-7(16)18-6-11-14-10-4-8(5-13)2-3-9(10)12(17)15-11/h2-4H,6H2,1H3,(H,14,15,17). The Morgan fingerprint density at radius 1 is 1.56 bits per heavy atom. The van der Waals surface area contributed by atoms with Crippen molar-refractivity contribution in [2.45, 2.75) is 12.7 Å². The molecule has 0 atom stereocenters. The molecule has 5 nitrogen and oxygen atoms in total. The molecule has 0 bridgehead atoms. The van der Waals surface area contributed by atoms with Gasteiger partial charge in [-0.15, -0.1) is 0 Å². The normalized spacial score (nSPS) is 10.2. The van der Waals surface area contributed by atoms with Crippen LogP contribution in [-0.2, 0) is 10.5 Å². The summed E-state index contributed by atoms with van der Waals surface area (Å²) in [4.78, 5) is 29.5. The third-order valence-corrected chi connectivity index (χ3v) is 3.12. The van der Waals surface area contributed by atoms with Gasteiger partial charge < -0.3 is 4.98 Å². The van der Waals surface area contributed by atoms with Crippen molar-refractivity contribution in [3.63, 3.8) is 0 Å². The minimum Gasteiger partial charge on any atom is -0.309 e. The Bertz CT molecular complexity index is 715. The fourth-order valence-corrected chi connectivity index (χ4v) is 1.97. The predicted octanol–water partition coefficient (Wildman–Crippen LogP) is 1.57. The van der Waals surface area contributed by atoms with Crippen LogP contribution in [0.15, 0.2) is 23.0 Å². The van der Waals surface area contributed by atoms with Crippen molar-refractivity contribution in [1.82, 2.24) is 9.97 Å². The quantitative estimate of drug-likeness (QED) is 0.884. The smallest absolute Gasteiger partial charge is 0.258 e. The number of rotatable bonds is 2. The lowest BCUT2D eigenvalue weighted by molar-refractivity contribution is -0.109. The number of carbonyl (C=O) groups excluding carboxylic acids is 1. The van der Waals surface area contributed by atoms with E-state index in [4.69, 9.17) is 5.26 Å². The number of nitriles is 1.